The topological polar surface area (TPSA) is 102 Å². The van der Waals surface area contributed by atoms with E-state index in [2.05, 4.69) is 0 Å². The van der Waals surface area contributed by atoms with E-state index in [1.165, 1.54) is 9.80 Å². The van der Waals surface area contributed by atoms with Crippen molar-refractivity contribution < 1.29 is 33.4 Å². The number of nitrogens with zero attached hydrogens (tertiary/aromatic N) is 2. The Morgan fingerprint density at radius 2 is 1.06 bits per heavy atom. The number of amides is 2. The highest BCUT2D eigenvalue weighted by Crippen LogP contribution is 2.23. The second-order valence-electron chi connectivity index (χ2n) is 8.52. The van der Waals surface area contributed by atoms with E-state index < -0.39 is 36.2 Å². The third-order valence-electron chi connectivity index (χ3n) is 6.13. The standard InChI is InChI=1S/C26H28N2O7/c29-23(21-13-7-15-27(21)25(31)33-17-19-9-3-1-4-10-19)35-24(30)22-14-8-16-28(22)26(32)34-18-20-11-5-2-6-12-20/h1-6,9-12,21-22H,7-8,13-18H2/t21-,22-/m0/s1. The van der Waals surface area contributed by atoms with Gasteiger partial charge in [-0.25, -0.2) is 19.2 Å². The molecule has 9 nitrogen and oxygen atoms in total. The highest BCUT2D eigenvalue weighted by atomic mass is 16.6. The summed E-state index contributed by atoms with van der Waals surface area (Å²) >= 11 is 0. The Hall–Kier alpha value is -3.88. The van der Waals surface area contributed by atoms with E-state index in [-0.39, 0.29) is 13.2 Å². The Labute approximate surface area is 203 Å². The number of rotatable bonds is 6. The van der Waals surface area contributed by atoms with Gasteiger partial charge in [-0.3, -0.25) is 9.80 Å². The van der Waals surface area contributed by atoms with Crippen LogP contribution in [0, 0.1) is 0 Å². The number of hydrogen-bond acceptors (Lipinski definition) is 7. The predicted octanol–water partition coefficient (Wildman–Crippen LogP) is 3.66. The number of esters is 2. The maximum Gasteiger partial charge on any atom is 0.410 e. The fourth-order valence-electron chi connectivity index (χ4n) is 4.30. The van der Waals surface area contributed by atoms with Gasteiger partial charge in [0.25, 0.3) is 0 Å². The van der Waals surface area contributed by atoms with Gasteiger partial charge >= 0.3 is 24.1 Å². The highest BCUT2D eigenvalue weighted by Gasteiger charge is 2.41. The molecule has 0 saturated carbocycles. The highest BCUT2D eigenvalue weighted by molar-refractivity contribution is 5.94. The monoisotopic (exact) mass is 480 g/mol. The van der Waals surface area contributed by atoms with E-state index in [9.17, 15) is 19.2 Å². The van der Waals surface area contributed by atoms with Crippen molar-refractivity contribution in [2.24, 2.45) is 0 Å². The van der Waals surface area contributed by atoms with Gasteiger partial charge in [-0.05, 0) is 36.8 Å². The minimum absolute atomic E-state index is 0.0823. The molecule has 0 unspecified atom stereocenters. The van der Waals surface area contributed by atoms with Crippen LogP contribution < -0.4 is 0 Å². The Kier molecular flexibility index (Phi) is 7.97. The lowest BCUT2D eigenvalue weighted by Crippen LogP contribution is -2.46. The molecule has 0 N–H and O–H groups in total. The molecule has 4 rings (SSSR count). The zero-order chi connectivity index (χ0) is 24.6. The number of ether oxygens (including phenoxy) is 3. The van der Waals surface area contributed by atoms with Crippen molar-refractivity contribution in [3.05, 3.63) is 71.8 Å². The Morgan fingerprint density at radius 3 is 1.46 bits per heavy atom. The lowest BCUT2D eigenvalue weighted by atomic mass is 10.2. The van der Waals surface area contributed by atoms with Crippen LogP contribution in [0.3, 0.4) is 0 Å². The van der Waals surface area contributed by atoms with E-state index in [4.69, 9.17) is 14.2 Å². The maximum absolute atomic E-state index is 12.8. The van der Waals surface area contributed by atoms with Gasteiger partial charge in [-0.2, -0.15) is 0 Å². The third-order valence-corrected chi connectivity index (χ3v) is 6.13. The van der Waals surface area contributed by atoms with Crippen molar-refractivity contribution in [3.63, 3.8) is 0 Å². The maximum atomic E-state index is 12.8. The van der Waals surface area contributed by atoms with Gasteiger partial charge in [0.15, 0.2) is 0 Å². The zero-order valence-corrected chi connectivity index (χ0v) is 19.3. The van der Waals surface area contributed by atoms with E-state index in [0.29, 0.717) is 38.8 Å². The number of likely N-dealkylation sites (tertiary alicyclic amines) is 2. The molecule has 2 aliphatic heterocycles. The lowest BCUT2D eigenvalue weighted by molar-refractivity contribution is -0.165. The van der Waals surface area contributed by atoms with Crippen LogP contribution in [0.4, 0.5) is 9.59 Å². The molecule has 9 heteroatoms. The molecule has 2 saturated heterocycles. The smallest absolute Gasteiger partial charge is 0.410 e. The molecule has 2 aliphatic rings. The van der Waals surface area contributed by atoms with Crippen LogP contribution in [0.25, 0.3) is 0 Å². The van der Waals surface area contributed by atoms with Crippen molar-refractivity contribution in [3.8, 4) is 0 Å². The quantitative estimate of drug-likeness (QED) is 0.353. The molecule has 2 aromatic carbocycles. The first-order valence-electron chi connectivity index (χ1n) is 11.7. The molecule has 0 bridgehead atoms. The summed E-state index contributed by atoms with van der Waals surface area (Å²) < 4.78 is 15.8. The normalized spacial score (nSPS) is 19.3. The van der Waals surface area contributed by atoms with Crippen molar-refractivity contribution >= 4 is 24.1 Å². The summed E-state index contributed by atoms with van der Waals surface area (Å²) in [7, 11) is 0. The number of benzene rings is 2. The molecule has 2 heterocycles. The van der Waals surface area contributed by atoms with Crippen LogP contribution in [0.1, 0.15) is 36.8 Å². The molecule has 0 radical (unpaired) electrons. The Balaban J connectivity index is 1.29. The van der Waals surface area contributed by atoms with E-state index >= 15 is 0 Å². The van der Waals surface area contributed by atoms with Gasteiger partial charge < -0.3 is 14.2 Å². The molecule has 0 aliphatic carbocycles. The molecule has 35 heavy (non-hydrogen) atoms. The fraction of sp³-hybridized carbons (Fsp3) is 0.385. The first kappa shape index (κ1) is 24.3. The first-order chi connectivity index (χ1) is 17.0. The summed E-state index contributed by atoms with van der Waals surface area (Å²) in [6, 6.07) is 16.6. The number of carbonyl (C=O) groups is 4. The minimum Gasteiger partial charge on any atom is -0.445 e. The van der Waals surface area contributed by atoms with Crippen LogP contribution in [0.5, 0.6) is 0 Å². The molecule has 2 fully saturated rings. The summed E-state index contributed by atoms with van der Waals surface area (Å²) in [5.74, 6) is -1.62. The summed E-state index contributed by atoms with van der Waals surface area (Å²) in [5, 5.41) is 0. The van der Waals surface area contributed by atoms with Gasteiger partial charge in [0.05, 0.1) is 0 Å². The minimum atomic E-state index is -0.901. The molecule has 0 aromatic heterocycles. The lowest BCUT2D eigenvalue weighted by Gasteiger charge is -2.25. The van der Waals surface area contributed by atoms with Crippen LogP contribution in [-0.4, -0.2) is 59.1 Å². The van der Waals surface area contributed by atoms with Crippen molar-refractivity contribution in [2.45, 2.75) is 51.0 Å². The zero-order valence-electron chi connectivity index (χ0n) is 19.3. The molecular weight excluding hydrogens is 452 g/mol. The second kappa shape index (κ2) is 11.5. The van der Waals surface area contributed by atoms with Crippen LogP contribution in [-0.2, 0) is 37.0 Å². The number of carbonyl (C=O) groups excluding carboxylic acids is 4. The Morgan fingerprint density at radius 1 is 0.657 bits per heavy atom. The van der Waals surface area contributed by atoms with Gasteiger partial charge in [0, 0.05) is 13.1 Å². The summed E-state index contributed by atoms with van der Waals surface area (Å²) in [5.41, 5.74) is 1.66. The average molecular weight is 481 g/mol. The van der Waals surface area contributed by atoms with Crippen molar-refractivity contribution in [2.75, 3.05) is 13.1 Å². The van der Waals surface area contributed by atoms with E-state index in [1.807, 2.05) is 60.7 Å². The molecule has 2 amide bonds. The summed E-state index contributed by atoms with van der Waals surface area (Å²) in [6.45, 7) is 0.837. The SMILES string of the molecule is O=C(OC(=O)[C@@H]1CCCN1C(=O)OCc1ccccc1)[C@@H]1CCCN1C(=O)OCc1ccccc1. The van der Waals surface area contributed by atoms with Crippen molar-refractivity contribution in [1.82, 2.24) is 9.80 Å². The fourth-order valence-corrected chi connectivity index (χ4v) is 4.30. The average Bonchev–Trinajstić information content (AvgIpc) is 3.57. The summed E-state index contributed by atoms with van der Waals surface area (Å²) in [6.07, 6.45) is 0.673. The van der Waals surface area contributed by atoms with Gasteiger partial charge in [0.1, 0.15) is 25.3 Å². The van der Waals surface area contributed by atoms with Gasteiger partial charge in [0.2, 0.25) is 0 Å². The van der Waals surface area contributed by atoms with Crippen LogP contribution in [0.2, 0.25) is 0 Å². The Bertz CT molecular complexity index is 961. The molecular formula is C26H28N2O7. The first-order valence-corrected chi connectivity index (χ1v) is 11.7. The van der Waals surface area contributed by atoms with E-state index in [1.54, 1.807) is 0 Å². The summed E-state index contributed by atoms with van der Waals surface area (Å²) in [4.78, 5) is 53.2. The molecule has 2 aromatic rings. The van der Waals surface area contributed by atoms with Gasteiger partial charge in [-0.1, -0.05) is 60.7 Å². The molecule has 2 atom stereocenters. The van der Waals surface area contributed by atoms with Crippen molar-refractivity contribution in [1.29, 1.82) is 0 Å². The van der Waals surface area contributed by atoms with Gasteiger partial charge in [-0.15, -0.1) is 0 Å². The molecule has 184 valence electrons. The largest absolute Gasteiger partial charge is 0.445 e. The predicted molar refractivity (Wildman–Crippen MR) is 124 cm³/mol. The second-order valence-corrected chi connectivity index (χ2v) is 8.52. The molecule has 0 spiro atoms. The third kappa shape index (κ3) is 6.17. The van der Waals surface area contributed by atoms with E-state index in [0.717, 1.165) is 11.1 Å². The number of hydrogen-bond donors (Lipinski definition) is 0. The van der Waals surface area contributed by atoms with Crippen LogP contribution >= 0.6 is 0 Å². The van der Waals surface area contributed by atoms with Crippen LogP contribution in [0.15, 0.2) is 60.7 Å².